The van der Waals surface area contributed by atoms with Crippen molar-refractivity contribution in [3.05, 3.63) is 82.7 Å². The monoisotopic (exact) mass is 457 g/mol. The summed E-state index contributed by atoms with van der Waals surface area (Å²) in [5.74, 6) is 0.827. The number of pyridine rings is 1. The molecule has 4 aromatic rings. The normalized spacial score (nSPS) is 12.9. The lowest BCUT2D eigenvalue weighted by Crippen LogP contribution is -2.22. The van der Waals surface area contributed by atoms with Crippen molar-refractivity contribution in [1.29, 1.82) is 0 Å². The number of aryl methyl sites for hydroxylation is 2. The largest absolute Gasteiger partial charge is 0.454 e. The van der Waals surface area contributed by atoms with E-state index < -0.39 is 0 Å². The first-order valence-corrected chi connectivity index (χ1v) is 10.9. The number of fused-ring (bicyclic) bond motifs is 2. The lowest BCUT2D eigenvalue weighted by molar-refractivity contribution is 0.102. The Bertz CT molecular complexity index is 1460. The van der Waals surface area contributed by atoms with Crippen LogP contribution < -0.4 is 20.3 Å². The van der Waals surface area contributed by atoms with Gasteiger partial charge in [-0.25, -0.2) is 4.99 Å². The summed E-state index contributed by atoms with van der Waals surface area (Å²) in [6.45, 7) is 3.78. The number of aliphatic hydroxyl groups excluding tert-OH is 1. The minimum Gasteiger partial charge on any atom is -0.454 e. The van der Waals surface area contributed by atoms with Gasteiger partial charge in [-0.1, -0.05) is 19.1 Å². The molecule has 8 heteroatoms. The van der Waals surface area contributed by atoms with Crippen LogP contribution in [0.3, 0.4) is 0 Å². The third-order valence-electron chi connectivity index (χ3n) is 5.67. The van der Waals surface area contributed by atoms with Crippen LogP contribution in [0.1, 0.15) is 34.1 Å². The van der Waals surface area contributed by atoms with Crippen LogP contribution in [0.15, 0.2) is 64.1 Å². The van der Waals surface area contributed by atoms with E-state index in [1.807, 2.05) is 24.3 Å². The number of carbonyl (C=O) groups is 1. The molecule has 172 valence electrons. The molecule has 2 aromatic heterocycles. The van der Waals surface area contributed by atoms with Crippen molar-refractivity contribution < 1.29 is 23.8 Å². The Kier molecular flexibility index (Phi) is 5.73. The average Bonchev–Trinajstić information content (AvgIpc) is 3.33. The quantitative estimate of drug-likeness (QED) is 0.460. The minimum absolute atomic E-state index is 0.119. The van der Waals surface area contributed by atoms with E-state index in [0.29, 0.717) is 45.1 Å². The van der Waals surface area contributed by atoms with Gasteiger partial charge in [-0.3, -0.25) is 9.78 Å². The topological polar surface area (TPSA) is 106 Å². The molecule has 3 heterocycles. The van der Waals surface area contributed by atoms with Gasteiger partial charge in [-0.15, -0.1) is 0 Å². The molecule has 8 nitrogen and oxygen atoms in total. The zero-order valence-electron chi connectivity index (χ0n) is 18.8. The molecule has 0 saturated heterocycles. The van der Waals surface area contributed by atoms with E-state index in [1.165, 1.54) is 5.56 Å². The number of benzene rings is 2. The molecule has 2 N–H and O–H groups in total. The lowest BCUT2D eigenvalue weighted by atomic mass is 10.1. The fraction of sp³-hybridized carbons (Fsp3) is 0.192. The number of hydrogen-bond acceptors (Lipinski definition) is 7. The lowest BCUT2D eigenvalue weighted by Gasteiger charge is -2.10. The highest BCUT2D eigenvalue weighted by Gasteiger charge is 2.18. The summed E-state index contributed by atoms with van der Waals surface area (Å²) in [5.41, 5.74) is 4.35. The van der Waals surface area contributed by atoms with Gasteiger partial charge in [-0.05, 0) is 49.2 Å². The molecule has 0 atom stereocenters. The van der Waals surface area contributed by atoms with Gasteiger partial charge >= 0.3 is 0 Å². The van der Waals surface area contributed by atoms with Crippen molar-refractivity contribution in [1.82, 2.24) is 4.98 Å². The maximum Gasteiger partial charge on any atom is 0.261 e. The number of anilines is 1. The fourth-order valence-electron chi connectivity index (χ4n) is 3.75. The Morgan fingerprint density at radius 1 is 1.12 bits per heavy atom. The Morgan fingerprint density at radius 3 is 2.68 bits per heavy atom. The van der Waals surface area contributed by atoms with E-state index in [-0.39, 0.29) is 30.4 Å². The summed E-state index contributed by atoms with van der Waals surface area (Å²) in [7, 11) is 0. The van der Waals surface area contributed by atoms with E-state index in [2.05, 4.69) is 22.2 Å². The van der Waals surface area contributed by atoms with Crippen LogP contribution in [-0.4, -0.2) is 22.8 Å². The van der Waals surface area contributed by atoms with E-state index in [4.69, 9.17) is 13.9 Å². The van der Waals surface area contributed by atoms with E-state index >= 15 is 0 Å². The Balaban J connectivity index is 1.65. The maximum atomic E-state index is 13.3. The first-order chi connectivity index (χ1) is 16.6. The number of amides is 1. The molecule has 0 fully saturated rings. The van der Waals surface area contributed by atoms with Crippen molar-refractivity contribution in [2.45, 2.75) is 26.9 Å². The Labute approximate surface area is 195 Å². The molecule has 1 amide bonds. The zero-order chi connectivity index (χ0) is 23.7. The summed E-state index contributed by atoms with van der Waals surface area (Å²) >= 11 is 0. The second-order valence-electron chi connectivity index (χ2n) is 7.89. The van der Waals surface area contributed by atoms with Crippen LogP contribution in [0.2, 0.25) is 0 Å². The summed E-state index contributed by atoms with van der Waals surface area (Å²) in [6, 6.07) is 14.6. The molecule has 1 aliphatic rings. The minimum atomic E-state index is -0.382. The van der Waals surface area contributed by atoms with Gasteiger partial charge in [0.2, 0.25) is 12.3 Å². The van der Waals surface area contributed by atoms with E-state index in [0.717, 1.165) is 6.42 Å². The van der Waals surface area contributed by atoms with E-state index in [1.54, 1.807) is 37.4 Å². The maximum absolute atomic E-state index is 13.3. The third-order valence-corrected chi connectivity index (χ3v) is 5.67. The molecule has 2 aromatic carbocycles. The first-order valence-electron chi connectivity index (χ1n) is 10.9. The SMILES string of the molecule is CCc1ccc(NC(=O)c2cc3c(CO)cnc(C)c3oc2=Nc2ccc3c(c2)OCO3)cc1. The summed E-state index contributed by atoms with van der Waals surface area (Å²) in [5, 5.41) is 13.3. The molecule has 34 heavy (non-hydrogen) atoms. The fourth-order valence-corrected chi connectivity index (χ4v) is 3.75. The number of ether oxygens (including phenoxy) is 2. The standard InChI is InChI=1S/C26H23N3O5/c1-3-16-4-6-18(7-5-16)28-25(31)21-11-20-17(13-30)12-27-15(2)24(20)34-26(21)29-19-8-9-22-23(10-19)33-14-32-22/h4-12,30H,3,13-14H2,1-2H3,(H,28,31). The van der Waals surface area contributed by atoms with Crippen LogP contribution in [0.5, 0.6) is 11.5 Å². The van der Waals surface area contributed by atoms with Gasteiger partial charge in [0.1, 0.15) is 5.56 Å². The van der Waals surface area contributed by atoms with Gasteiger partial charge in [0.05, 0.1) is 18.0 Å². The second kappa shape index (κ2) is 8.99. The molecule has 0 bridgehead atoms. The number of rotatable bonds is 5. The van der Waals surface area contributed by atoms with Crippen LogP contribution in [0, 0.1) is 6.92 Å². The van der Waals surface area contributed by atoms with Gasteiger partial charge in [0.25, 0.3) is 5.91 Å². The first kappa shape index (κ1) is 21.7. The van der Waals surface area contributed by atoms with Crippen molar-refractivity contribution in [3.63, 3.8) is 0 Å². The smallest absolute Gasteiger partial charge is 0.261 e. The molecule has 1 aliphatic heterocycles. The molecule has 0 saturated carbocycles. The third kappa shape index (κ3) is 4.11. The van der Waals surface area contributed by atoms with Crippen LogP contribution in [0.25, 0.3) is 11.0 Å². The van der Waals surface area contributed by atoms with Gasteiger partial charge in [0.15, 0.2) is 17.1 Å². The summed E-state index contributed by atoms with van der Waals surface area (Å²) in [6.07, 6.45) is 2.49. The molecule has 0 aliphatic carbocycles. The van der Waals surface area contributed by atoms with Gasteiger partial charge < -0.3 is 24.3 Å². The average molecular weight is 457 g/mol. The van der Waals surface area contributed by atoms with Crippen LogP contribution in [-0.2, 0) is 13.0 Å². The van der Waals surface area contributed by atoms with Crippen LogP contribution in [0.4, 0.5) is 11.4 Å². The number of carbonyl (C=O) groups excluding carboxylic acids is 1. The number of nitrogens with one attached hydrogen (secondary N) is 1. The van der Waals surface area contributed by atoms with E-state index in [9.17, 15) is 9.90 Å². The molecular weight excluding hydrogens is 434 g/mol. The number of hydrogen-bond donors (Lipinski definition) is 2. The molecule has 0 radical (unpaired) electrons. The van der Waals surface area contributed by atoms with Crippen molar-refractivity contribution in [3.8, 4) is 11.5 Å². The molecule has 0 unspecified atom stereocenters. The van der Waals surface area contributed by atoms with Crippen LogP contribution >= 0.6 is 0 Å². The Morgan fingerprint density at radius 2 is 1.91 bits per heavy atom. The molecule has 5 rings (SSSR count). The van der Waals surface area contributed by atoms with Crippen molar-refractivity contribution >= 4 is 28.3 Å². The molecule has 0 spiro atoms. The predicted octanol–water partition coefficient (Wildman–Crippen LogP) is 4.40. The zero-order valence-corrected chi connectivity index (χ0v) is 18.8. The number of nitrogens with zero attached hydrogens (tertiary/aromatic N) is 2. The number of aromatic nitrogens is 1. The molecular formula is C26H23N3O5. The van der Waals surface area contributed by atoms with Gasteiger partial charge in [-0.2, -0.15) is 0 Å². The highest BCUT2D eigenvalue weighted by Crippen LogP contribution is 2.35. The highest BCUT2D eigenvalue weighted by molar-refractivity contribution is 6.05. The van der Waals surface area contributed by atoms with Gasteiger partial charge in [0, 0.05) is 28.9 Å². The van der Waals surface area contributed by atoms with Crippen molar-refractivity contribution in [2.75, 3.05) is 12.1 Å². The highest BCUT2D eigenvalue weighted by atomic mass is 16.7. The number of aliphatic hydroxyl groups is 1. The van der Waals surface area contributed by atoms with Crippen molar-refractivity contribution in [2.24, 2.45) is 4.99 Å². The Hall–Kier alpha value is -4.17. The second-order valence-corrected chi connectivity index (χ2v) is 7.89. The predicted molar refractivity (Wildman–Crippen MR) is 126 cm³/mol. The summed E-state index contributed by atoms with van der Waals surface area (Å²) < 4.78 is 16.9. The summed E-state index contributed by atoms with van der Waals surface area (Å²) in [4.78, 5) is 22.2.